The number of hydrogen-bond acceptors (Lipinski definition) is 4. The van der Waals surface area contributed by atoms with Crippen molar-refractivity contribution in [1.82, 2.24) is 10.2 Å². The number of nitrogens with two attached hydrogens (primary N) is 1. The van der Waals surface area contributed by atoms with Gasteiger partial charge in [0.05, 0.1) is 12.1 Å². The van der Waals surface area contributed by atoms with E-state index >= 15 is 0 Å². The van der Waals surface area contributed by atoms with Crippen LogP contribution in [0.1, 0.15) is 48.0 Å². The number of rotatable bonds is 4. The van der Waals surface area contributed by atoms with Gasteiger partial charge in [-0.2, -0.15) is 5.26 Å². The lowest BCUT2D eigenvalue weighted by atomic mass is 9.93. The molecule has 0 aliphatic carbocycles. The Morgan fingerprint density at radius 2 is 2.16 bits per heavy atom. The second kappa shape index (κ2) is 6.36. The van der Waals surface area contributed by atoms with Crippen molar-refractivity contribution in [1.29, 1.82) is 5.26 Å². The minimum Gasteiger partial charge on any atom is -0.368 e. The van der Waals surface area contributed by atoms with Crippen LogP contribution < -0.4 is 11.1 Å². The first-order valence-corrected chi connectivity index (χ1v) is 6.47. The molecule has 3 N–H and O–H groups in total. The molecule has 5 nitrogen and oxygen atoms in total. The molecule has 0 spiro atoms. The maximum atomic E-state index is 11.5. The Bertz CT molecular complexity index is 355. The van der Waals surface area contributed by atoms with Crippen LogP contribution in [0.25, 0.3) is 0 Å². The lowest BCUT2D eigenvalue weighted by Crippen LogP contribution is -2.54. The minimum absolute atomic E-state index is 0. The number of carbonyl (C=O) groups excluding carboxylic acids is 1. The van der Waals surface area contributed by atoms with E-state index < -0.39 is 5.54 Å². The minimum atomic E-state index is -0.673. The summed E-state index contributed by atoms with van der Waals surface area (Å²) in [7, 11) is 0. The third kappa shape index (κ3) is 4.48. The summed E-state index contributed by atoms with van der Waals surface area (Å²) in [6.45, 7) is 9.47. The zero-order valence-electron chi connectivity index (χ0n) is 11.8. The Morgan fingerprint density at radius 3 is 2.53 bits per heavy atom. The molecule has 1 saturated heterocycles. The van der Waals surface area contributed by atoms with Gasteiger partial charge in [0.15, 0.2) is 0 Å². The first kappa shape index (κ1) is 17.9. The Labute approximate surface area is 117 Å². The highest BCUT2D eigenvalue weighted by atomic mass is 16.1. The van der Waals surface area contributed by atoms with Gasteiger partial charge in [0.1, 0.15) is 5.54 Å². The predicted molar refractivity (Wildman–Crippen MR) is 77.4 cm³/mol. The van der Waals surface area contributed by atoms with E-state index in [4.69, 9.17) is 5.73 Å². The van der Waals surface area contributed by atoms with Crippen molar-refractivity contribution in [2.75, 3.05) is 13.1 Å². The number of likely N-dealkylation sites (tertiary alicyclic amines) is 1. The van der Waals surface area contributed by atoms with Crippen molar-refractivity contribution < 1.29 is 4.79 Å². The topological polar surface area (TPSA) is 82.2 Å². The first-order chi connectivity index (χ1) is 8.23. The van der Waals surface area contributed by atoms with Crippen LogP contribution >= 0.6 is 0 Å². The maximum Gasteiger partial charge on any atom is 0.234 e. The number of nitrogens with one attached hydrogen (secondary N) is 1. The first-order valence-electron chi connectivity index (χ1n) is 6.47. The molecule has 1 amide bonds. The van der Waals surface area contributed by atoms with E-state index in [0.29, 0.717) is 13.0 Å². The lowest BCUT2D eigenvalue weighted by Gasteiger charge is -2.32. The van der Waals surface area contributed by atoms with E-state index in [1.54, 1.807) is 0 Å². The maximum absolute atomic E-state index is 11.5. The van der Waals surface area contributed by atoms with E-state index in [1.165, 1.54) is 0 Å². The van der Waals surface area contributed by atoms with Gasteiger partial charge in [0.2, 0.25) is 5.91 Å². The van der Waals surface area contributed by atoms with Crippen LogP contribution in [0.5, 0.6) is 0 Å². The fourth-order valence-corrected chi connectivity index (χ4v) is 2.70. The molecule has 0 aromatic carbocycles. The Balaban J connectivity index is 0.00000324. The molecule has 1 aliphatic heterocycles. The van der Waals surface area contributed by atoms with Crippen LogP contribution in [0, 0.1) is 11.3 Å². The van der Waals surface area contributed by atoms with Gasteiger partial charge in [0, 0.05) is 18.5 Å². The zero-order valence-corrected chi connectivity index (χ0v) is 11.8. The van der Waals surface area contributed by atoms with Gasteiger partial charge in [0.25, 0.3) is 0 Å². The van der Waals surface area contributed by atoms with Gasteiger partial charge < -0.3 is 5.73 Å². The Hall–Kier alpha value is -1.12. The van der Waals surface area contributed by atoms with E-state index in [9.17, 15) is 10.1 Å². The highest BCUT2D eigenvalue weighted by molar-refractivity contribution is 5.80. The second-order valence-electron chi connectivity index (χ2n) is 6.16. The molecule has 1 fully saturated rings. The number of hydrogen-bond donors (Lipinski definition) is 2. The standard InChI is InChI=1S/C13H24N4O.CH4/c1-5-6-17-9-13(8-14,16-12(2,3)4)7-10(17)11(15)18;/h10,16H,5-7,9H2,1-4H3,(H2,15,18);1H4. The summed E-state index contributed by atoms with van der Waals surface area (Å²) < 4.78 is 0. The molecule has 0 aromatic heterocycles. The van der Waals surface area contributed by atoms with Crippen molar-refractivity contribution in [3.05, 3.63) is 0 Å². The summed E-state index contributed by atoms with van der Waals surface area (Å²) >= 11 is 0. The molecule has 19 heavy (non-hydrogen) atoms. The van der Waals surface area contributed by atoms with Gasteiger partial charge in [-0.3, -0.25) is 15.0 Å². The average Bonchev–Trinajstić information content (AvgIpc) is 2.56. The monoisotopic (exact) mass is 268 g/mol. The molecule has 2 unspecified atom stereocenters. The van der Waals surface area contributed by atoms with Gasteiger partial charge in [-0.1, -0.05) is 14.4 Å². The summed E-state index contributed by atoms with van der Waals surface area (Å²) in [4.78, 5) is 13.5. The Kier molecular flexibility index (Phi) is 5.98. The van der Waals surface area contributed by atoms with Crippen LogP contribution in [0.4, 0.5) is 0 Å². The van der Waals surface area contributed by atoms with Crippen LogP contribution in [0.3, 0.4) is 0 Å². The van der Waals surface area contributed by atoms with E-state index in [-0.39, 0.29) is 24.9 Å². The molecule has 0 saturated carbocycles. The number of carbonyl (C=O) groups is 1. The summed E-state index contributed by atoms with van der Waals surface area (Å²) in [5.41, 5.74) is 4.60. The molecule has 1 rings (SSSR count). The third-order valence-corrected chi connectivity index (χ3v) is 3.12. The van der Waals surface area contributed by atoms with Crippen LogP contribution in [0.2, 0.25) is 0 Å². The van der Waals surface area contributed by atoms with Crippen molar-refractivity contribution in [2.45, 2.75) is 65.1 Å². The number of primary amides is 1. The summed E-state index contributed by atoms with van der Waals surface area (Å²) in [5.74, 6) is -0.337. The van der Waals surface area contributed by atoms with E-state index in [1.807, 2.05) is 25.7 Å². The fraction of sp³-hybridized carbons (Fsp3) is 0.857. The fourth-order valence-electron chi connectivity index (χ4n) is 2.70. The van der Waals surface area contributed by atoms with E-state index in [2.05, 4.69) is 18.3 Å². The van der Waals surface area contributed by atoms with Gasteiger partial charge in [-0.15, -0.1) is 0 Å². The summed E-state index contributed by atoms with van der Waals surface area (Å²) in [6, 6.07) is 2.01. The van der Waals surface area contributed by atoms with E-state index in [0.717, 1.165) is 13.0 Å². The molecule has 0 radical (unpaired) electrons. The third-order valence-electron chi connectivity index (χ3n) is 3.12. The van der Waals surface area contributed by atoms with Crippen molar-refractivity contribution in [3.63, 3.8) is 0 Å². The smallest absolute Gasteiger partial charge is 0.234 e. The predicted octanol–water partition coefficient (Wildman–Crippen LogP) is 1.24. The molecule has 0 aromatic rings. The highest BCUT2D eigenvalue weighted by Gasteiger charge is 2.47. The van der Waals surface area contributed by atoms with Crippen LogP contribution in [-0.4, -0.2) is 41.0 Å². The average molecular weight is 268 g/mol. The summed E-state index contributed by atoms with van der Waals surface area (Å²) in [5, 5.41) is 12.8. The summed E-state index contributed by atoms with van der Waals surface area (Å²) in [6.07, 6.45) is 1.41. The highest BCUT2D eigenvalue weighted by Crippen LogP contribution is 2.28. The molecule has 110 valence electrons. The largest absolute Gasteiger partial charge is 0.368 e. The molecule has 5 heteroatoms. The van der Waals surface area contributed by atoms with Crippen molar-refractivity contribution in [2.24, 2.45) is 5.73 Å². The number of nitriles is 1. The zero-order chi connectivity index (χ0) is 14.0. The lowest BCUT2D eigenvalue weighted by molar-refractivity contribution is -0.122. The molecule has 1 aliphatic rings. The Morgan fingerprint density at radius 1 is 1.58 bits per heavy atom. The normalized spacial score (nSPS) is 27.6. The van der Waals surface area contributed by atoms with Gasteiger partial charge >= 0.3 is 0 Å². The molecule has 0 bridgehead atoms. The van der Waals surface area contributed by atoms with Crippen molar-refractivity contribution in [3.8, 4) is 6.07 Å². The molecular weight excluding hydrogens is 240 g/mol. The van der Waals surface area contributed by atoms with Crippen LogP contribution in [0.15, 0.2) is 0 Å². The molecule has 1 heterocycles. The van der Waals surface area contributed by atoms with Crippen molar-refractivity contribution >= 4 is 5.91 Å². The number of amides is 1. The number of nitrogens with zero attached hydrogens (tertiary/aromatic N) is 2. The SMILES string of the molecule is C.CCCN1CC(C#N)(NC(C)(C)C)CC1C(N)=O. The quantitative estimate of drug-likeness (QED) is 0.803. The van der Waals surface area contributed by atoms with Gasteiger partial charge in [-0.05, 0) is 33.7 Å². The second-order valence-corrected chi connectivity index (χ2v) is 6.16. The molecule has 2 atom stereocenters. The van der Waals surface area contributed by atoms with Crippen LogP contribution in [-0.2, 0) is 4.79 Å². The molecular formula is C14H28N4O. The van der Waals surface area contributed by atoms with Gasteiger partial charge in [-0.25, -0.2) is 0 Å².